The Hall–Kier alpha value is -1.60. The molecule has 0 fully saturated rings. The van der Waals surface area contributed by atoms with Crippen LogP contribution in [0.2, 0.25) is 0 Å². The first kappa shape index (κ1) is 20.4. The zero-order chi connectivity index (χ0) is 18.2. The van der Waals surface area contributed by atoms with E-state index in [0.717, 1.165) is 16.1 Å². The van der Waals surface area contributed by atoms with Gasteiger partial charge in [0, 0.05) is 19.8 Å². The van der Waals surface area contributed by atoms with Gasteiger partial charge in [0.15, 0.2) is 0 Å². The summed E-state index contributed by atoms with van der Waals surface area (Å²) >= 11 is 0. The van der Waals surface area contributed by atoms with Crippen molar-refractivity contribution in [2.75, 3.05) is 36.9 Å². The molecule has 0 bridgehead atoms. The molecule has 0 aliphatic carbocycles. The van der Waals surface area contributed by atoms with Crippen LogP contribution in [0.4, 0.5) is 5.69 Å². The largest absolute Gasteiger partial charge is 0.382 e. The third kappa shape index (κ3) is 6.88. The van der Waals surface area contributed by atoms with Crippen LogP contribution < -0.4 is 9.62 Å². The zero-order valence-electron chi connectivity index (χ0n) is 14.9. The molecule has 1 aromatic carbocycles. The van der Waals surface area contributed by atoms with Gasteiger partial charge in [0.05, 0.1) is 11.9 Å². The van der Waals surface area contributed by atoms with Gasteiger partial charge >= 0.3 is 0 Å². The van der Waals surface area contributed by atoms with Crippen molar-refractivity contribution in [3.8, 4) is 0 Å². The number of nitrogens with one attached hydrogen (secondary N) is 1. The lowest BCUT2D eigenvalue weighted by atomic mass is 10.0. The molecular formula is C17H28N2O4S. The Morgan fingerprint density at radius 3 is 2.38 bits per heavy atom. The molecule has 0 heterocycles. The van der Waals surface area contributed by atoms with Gasteiger partial charge in [-0.1, -0.05) is 26.0 Å². The van der Waals surface area contributed by atoms with Gasteiger partial charge in [-0.25, -0.2) is 8.42 Å². The average Bonchev–Trinajstić information content (AvgIpc) is 2.51. The van der Waals surface area contributed by atoms with Crippen molar-refractivity contribution in [2.24, 2.45) is 0 Å². The number of benzene rings is 1. The number of nitrogens with zero attached hydrogens (tertiary/aromatic N) is 1. The van der Waals surface area contributed by atoms with Crippen molar-refractivity contribution in [3.05, 3.63) is 29.8 Å². The number of hydrogen-bond donors (Lipinski definition) is 1. The van der Waals surface area contributed by atoms with Crippen LogP contribution in [-0.2, 0) is 19.6 Å². The first-order valence-corrected chi connectivity index (χ1v) is 10.0. The summed E-state index contributed by atoms with van der Waals surface area (Å²) in [5, 5.41) is 2.72. The van der Waals surface area contributed by atoms with Gasteiger partial charge in [-0.2, -0.15) is 0 Å². The fraction of sp³-hybridized carbons (Fsp3) is 0.588. The lowest BCUT2D eigenvalue weighted by Crippen LogP contribution is -2.40. The Balaban J connectivity index is 2.71. The van der Waals surface area contributed by atoms with Crippen LogP contribution >= 0.6 is 0 Å². The molecule has 0 saturated heterocycles. The highest BCUT2D eigenvalue weighted by Gasteiger charge is 2.20. The van der Waals surface area contributed by atoms with Crippen LogP contribution in [0.25, 0.3) is 0 Å². The molecular weight excluding hydrogens is 328 g/mol. The van der Waals surface area contributed by atoms with E-state index in [1.165, 1.54) is 0 Å². The maximum absolute atomic E-state index is 12.0. The third-order valence-electron chi connectivity index (χ3n) is 3.53. The molecule has 0 aliphatic heterocycles. The monoisotopic (exact) mass is 356 g/mol. The quantitative estimate of drug-likeness (QED) is 0.652. The molecule has 136 valence electrons. The smallest absolute Gasteiger partial charge is 0.240 e. The van der Waals surface area contributed by atoms with Crippen molar-refractivity contribution >= 4 is 21.6 Å². The predicted molar refractivity (Wildman–Crippen MR) is 96.8 cm³/mol. The van der Waals surface area contributed by atoms with Crippen LogP contribution in [0.15, 0.2) is 24.3 Å². The molecule has 0 radical (unpaired) electrons. The molecule has 1 rings (SSSR count). The Kier molecular flexibility index (Phi) is 8.21. The maximum Gasteiger partial charge on any atom is 0.240 e. The number of carbonyl (C=O) groups excluding carboxylic acids is 1. The summed E-state index contributed by atoms with van der Waals surface area (Å²) in [5.74, 6) is 0.0317. The number of ether oxygens (including phenoxy) is 1. The molecule has 24 heavy (non-hydrogen) atoms. The Labute approximate surface area is 145 Å². The highest BCUT2D eigenvalue weighted by Crippen LogP contribution is 2.21. The van der Waals surface area contributed by atoms with Gasteiger partial charge in [0.1, 0.15) is 6.54 Å². The maximum atomic E-state index is 12.0. The Morgan fingerprint density at radius 2 is 1.88 bits per heavy atom. The van der Waals surface area contributed by atoms with E-state index in [1.54, 1.807) is 12.1 Å². The summed E-state index contributed by atoms with van der Waals surface area (Å²) in [6, 6.07) is 7.24. The number of amides is 1. The topological polar surface area (TPSA) is 75.7 Å². The third-order valence-corrected chi connectivity index (χ3v) is 4.67. The van der Waals surface area contributed by atoms with Crippen LogP contribution in [0.5, 0.6) is 0 Å². The standard InChI is InChI=1S/C17H28N2O4S/c1-5-23-12-6-11-18-17(20)13-19(24(4,21)22)16-9-7-15(8-10-16)14(2)3/h7-10,14H,5-6,11-13H2,1-4H3,(H,18,20). The normalized spacial score (nSPS) is 11.5. The molecule has 7 heteroatoms. The van der Waals surface area contributed by atoms with E-state index in [9.17, 15) is 13.2 Å². The minimum atomic E-state index is -3.54. The lowest BCUT2D eigenvalue weighted by molar-refractivity contribution is -0.119. The van der Waals surface area contributed by atoms with E-state index in [4.69, 9.17) is 4.74 Å². The highest BCUT2D eigenvalue weighted by molar-refractivity contribution is 7.92. The first-order chi connectivity index (χ1) is 11.3. The highest BCUT2D eigenvalue weighted by atomic mass is 32.2. The van der Waals surface area contributed by atoms with Crippen molar-refractivity contribution in [1.29, 1.82) is 0 Å². The number of sulfonamides is 1. The van der Waals surface area contributed by atoms with E-state index in [1.807, 2.05) is 19.1 Å². The van der Waals surface area contributed by atoms with E-state index in [-0.39, 0.29) is 12.5 Å². The molecule has 1 N–H and O–H groups in total. The number of rotatable bonds is 10. The fourth-order valence-corrected chi connectivity index (χ4v) is 3.01. The fourth-order valence-electron chi connectivity index (χ4n) is 2.16. The Morgan fingerprint density at radius 1 is 1.25 bits per heavy atom. The van der Waals surface area contributed by atoms with Crippen molar-refractivity contribution < 1.29 is 17.9 Å². The summed E-state index contributed by atoms with van der Waals surface area (Å²) < 4.78 is 30.4. The second kappa shape index (κ2) is 9.64. The van der Waals surface area contributed by atoms with Gasteiger partial charge in [-0.15, -0.1) is 0 Å². The molecule has 6 nitrogen and oxygen atoms in total. The van der Waals surface area contributed by atoms with Crippen LogP contribution in [0.3, 0.4) is 0 Å². The zero-order valence-corrected chi connectivity index (χ0v) is 15.7. The number of carbonyl (C=O) groups is 1. The Bertz CT molecular complexity index is 612. The first-order valence-electron chi connectivity index (χ1n) is 8.17. The van der Waals surface area contributed by atoms with Crippen LogP contribution in [0, 0.1) is 0 Å². The summed E-state index contributed by atoms with van der Waals surface area (Å²) in [5.41, 5.74) is 1.61. The molecule has 0 atom stereocenters. The predicted octanol–water partition coefficient (Wildman–Crippen LogP) is 2.12. The second-order valence-electron chi connectivity index (χ2n) is 5.92. The summed E-state index contributed by atoms with van der Waals surface area (Å²) in [6.45, 7) is 7.49. The minimum absolute atomic E-state index is 0.228. The second-order valence-corrected chi connectivity index (χ2v) is 7.82. The SMILES string of the molecule is CCOCCCNC(=O)CN(c1ccc(C(C)C)cc1)S(C)(=O)=O. The van der Waals surface area contributed by atoms with E-state index in [2.05, 4.69) is 19.2 Å². The lowest BCUT2D eigenvalue weighted by Gasteiger charge is -2.22. The van der Waals surface area contributed by atoms with Crippen LogP contribution in [0.1, 0.15) is 38.7 Å². The van der Waals surface area contributed by atoms with Crippen molar-refractivity contribution in [2.45, 2.75) is 33.1 Å². The molecule has 0 spiro atoms. The summed E-state index contributed by atoms with van der Waals surface area (Å²) in [6.07, 6.45) is 1.80. The number of hydrogen-bond acceptors (Lipinski definition) is 4. The molecule has 1 amide bonds. The minimum Gasteiger partial charge on any atom is -0.382 e. The van der Waals surface area contributed by atoms with Crippen LogP contribution in [-0.4, -0.2) is 46.9 Å². The molecule has 0 aromatic heterocycles. The average molecular weight is 356 g/mol. The van der Waals surface area contributed by atoms with E-state index in [0.29, 0.717) is 37.8 Å². The summed E-state index contributed by atoms with van der Waals surface area (Å²) in [4.78, 5) is 12.0. The van der Waals surface area contributed by atoms with E-state index >= 15 is 0 Å². The van der Waals surface area contributed by atoms with Gasteiger partial charge in [-0.3, -0.25) is 9.10 Å². The van der Waals surface area contributed by atoms with E-state index < -0.39 is 10.0 Å². The molecule has 0 aliphatic rings. The van der Waals surface area contributed by atoms with Gasteiger partial charge in [0.2, 0.25) is 15.9 Å². The van der Waals surface area contributed by atoms with Gasteiger partial charge < -0.3 is 10.1 Å². The number of anilines is 1. The van der Waals surface area contributed by atoms with Crippen molar-refractivity contribution in [3.63, 3.8) is 0 Å². The molecule has 0 unspecified atom stereocenters. The molecule has 1 aromatic rings. The van der Waals surface area contributed by atoms with Gasteiger partial charge in [0.25, 0.3) is 0 Å². The van der Waals surface area contributed by atoms with Crippen molar-refractivity contribution in [1.82, 2.24) is 5.32 Å². The molecule has 0 saturated carbocycles. The summed E-state index contributed by atoms with van der Waals surface area (Å²) in [7, 11) is -3.54. The van der Waals surface area contributed by atoms with Gasteiger partial charge in [-0.05, 0) is 37.0 Å².